The van der Waals surface area contributed by atoms with E-state index in [9.17, 15) is 0 Å². The van der Waals surface area contributed by atoms with E-state index in [1.54, 1.807) is 7.11 Å². The number of hydrogen-bond donors (Lipinski definition) is 1. The SMILES string of the molecule is COCCOCCCNC(C)c1cc(C)ccc1C. The second kappa shape index (κ2) is 9.08. The molecule has 0 fully saturated rings. The van der Waals surface area contributed by atoms with E-state index in [1.165, 1.54) is 16.7 Å². The van der Waals surface area contributed by atoms with Crippen molar-refractivity contribution in [2.45, 2.75) is 33.2 Å². The molecule has 0 amide bonds. The highest BCUT2D eigenvalue weighted by molar-refractivity contribution is 5.32. The highest BCUT2D eigenvalue weighted by Gasteiger charge is 2.07. The van der Waals surface area contributed by atoms with Crippen LogP contribution in [-0.2, 0) is 9.47 Å². The summed E-state index contributed by atoms with van der Waals surface area (Å²) in [6.07, 6.45) is 1.03. The Balaban J connectivity index is 2.23. The molecular weight excluding hydrogens is 238 g/mol. The molecule has 3 heteroatoms. The molecule has 0 heterocycles. The van der Waals surface area contributed by atoms with Crippen LogP contribution in [0.5, 0.6) is 0 Å². The van der Waals surface area contributed by atoms with Gasteiger partial charge in [0.25, 0.3) is 0 Å². The van der Waals surface area contributed by atoms with Gasteiger partial charge in [-0.3, -0.25) is 0 Å². The quantitative estimate of drug-likeness (QED) is 0.696. The molecule has 0 saturated carbocycles. The number of methoxy groups -OCH3 is 1. The van der Waals surface area contributed by atoms with Gasteiger partial charge in [0.15, 0.2) is 0 Å². The van der Waals surface area contributed by atoms with Gasteiger partial charge in [-0.15, -0.1) is 0 Å². The molecule has 19 heavy (non-hydrogen) atoms. The van der Waals surface area contributed by atoms with Crippen molar-refractivity contribution >= 4 is 0 Å². The Kier molecular flexibility index (Phi) is 7.72. The van der Waals surface area contributed by atoms with Crippen LogP contribution in [0.15, 0.2) is 18.2 Å². The highest BCUT2D eigenvalue weighted by Crippen LogP contribution is 2.18. The zero-order valence-electron chi connectivity index (χ0n) is 12.7. The van der Waals surface area contributed by atoms with Crippen LogP contribution >= 0.6 is 0 Å². The van der Waals surface area contributed by atoms with Gasteiger partial charge in [-0.25, -0.2) is 0 Å². The molecule has 1 rings (SSSR count). The maximum atomic E-state index is 5.44. The minimum atomic E-state index is 0.388. The van der Waals surface area contributed by atoms with Gasteiger partial charge < -0.3 is 14.8 Å². The predicted molar refractivity (Wildman–Crippen MR) is 79.6 cm³/mol. The summed E-state index contributed by atoms with van der Waals surface area (Å²) in [7, 11) is 1.69. The van der Waals surface area contributed by atoms with Crippen LogP contribution in [0.4, 0.5) is 0 Å². The third kappa shape index (κ3) is 6.19. The molecule has 1 aromatic carbocycles. The monoisotopic (exact) mass is 265 g/mol. The number of aryl methyl sites for hydroxylation is 2. The molecule has 0 aliphatic heterocycles. The summed E-state index contributed by atoms with van der Waals surface area (Å²) in [6, 6.07) is 7.01. The summed E-state index contributed by atoms with van der Waals surface area (Å²) < 4.78 is 10.4. The second-order valence-electron chi connectivity index (χ2n) is 4.99. The van der Waals surface area contributed by atoms with E-state index in [-0.39, 0.29) is 0 Å². The lowest BCUT2D eigenvalue weighted by molar-refractivity contribution is 0.0693. The number of hydrogen-bond acceptors (Lipinski definition) is 3. The fourth-order valence-corrected chi connectivity index (χ4v) is 2.07. The van der Waals surface area contributed by atoms with Gasteiger partial charge in [-0.05, 0) is 44.9 Å². The summed E-state index contributed by atoms with van der Waals surface area (Å²) in [5, 5.41) is 3.55. The normalized spacial score (nSPS) is 12.6. The lowest BCUT2D eigenvalue weighted by Gasteiger charge is -2.17. The fourth-order valence-electron chi connectivity index (χ4n) is 2.07. The first kappa shape index (κ1) is 16.2. The Morgan fingerprint density at radius 1 is 1.16 bits per heavy atom. The Morgan fingerprint density at radius 2 is 1.95 bits per heavy atom. The molecule has 0 aliphatic carbocycles. The van der Waals surface area contributed by atoms with E-state index in [2.05, 4.69) is 44.3 Å². The zero-order valence-corrected chi connectivity index (χ0v) is 12.7. The minimum Gasteiger partial charge on any atom is -0.382 e. The first-order valence-corrected chi connectivity index (χ1v) is 7.02. The van der Waals surface area contributed by atoms with Crippen molar-refractivity contribution in [1.82, 2.24) is 5.32 Å². The highest BCUT2D eigenvalue weighted by atomic mass is 16.5. The Bertz CT molecular complexity index is 366. The Hall–Kier alpha value is -0.900. The maximum Gasteiger partial charge on any atom is 0.0700 e. The van der Waals surface area contributed by atoms with Gasteiger partial charge in [-0.2, -0.15) is 0 Å². The molecule has 3 nitrogen and oxygen atoms in total. The number of nitrogens with one attached hydrogen (secondary N) is 1. The van der Waals surface area contributed by atoms with Crippen LogP contribution < -0.4 is 5.32 Å². The molecule has 0 radical (unpaired) electrons. The van der Waals surface area contributed by atoms with Gasteiger partial charge in [0, 0.05) is 19.8 Å². The van der Waals surface area contributed by atoms with E-state index < -0.39 is 0 Å². The first-order chi connectivity index (χ1) is 9.15. The summed E-state index contributed by atoms with van der Waals surface area (Å²) in [5.74, 6) is 0. The summed E-state index contributed by atoms with van der Waals surface area (Å²) >= 11 is 0. The smallest absolute Gasteiger partial charge is 0.0700 e. The largest absolute Gasteiger partial charge is 0.382 e. The number of benzene rings is 1. The Morgan fingerprint density at radius 3 is 2.68 bits per heavy atom. The minimum absolute atomic E-state index is 0.388. The van der Waals surface area contributed by atoms with Crippen LogP contribution in [-0.4, -0.2) is 33.5 Å². The lowest BCUT2D eigenvalue weighted by Crippen LogP contribution is -2.22. The maximum absolute atomic E-state index is 5.44. The molecule has 108 valence electrons. The molecule has 0 aromatic heterocycles. The Labute approximate surface area is 117 Å². The molecule has 0 saturated heterocycles. The molecule has 1 N–H and O–H groups in total. The van der Waals surface area contributed by atoms with Crippen LogP contribution in [0, 0.1) is 13.8 Å². The van der Waals surface area contributed by atoms with Gasteiger partial charge in [0.05, 0.1) is 13.2 Å². The van der Waals surface area contributed by atoms with Crippen LogP contribution in [0.1, 0.15) is 36.1 Å². The molecule has 0 bridgehead atoms. The molecular formula is C16H27NO2. The van der Waals surface area contributed by atoms with Crippen molar-refractivity contribution in [1.29, 1.82) is 0 Å². The van der Waals surface area contributed by atoms with Crippen molar-refractivity contribution in [2.75, 3.05) is 33.5 Å². The average Bonchev–Trinajstić information content (AvgIpc) is 2.40. The van der Waals surface area contributed by atoms with Crippen LogP contribution in [0.3, 0.4) is 0 Å². The second-order valence-corrected chi connectivity index (χ2v) is 4.99. The molecule has 1 aromatic rings. The zero-order chi connectivity index (χ0) is 14.1. The molecule has 0 aliphatic rings. The average molecular weight is 265 g/mol. The number of rotatable bonds is 9. The van der Waals surface area contributed by atoms with Gasteiger partial charge in [0.2, 0.25) is 0 Å². The van der Waals surface area contributed by atoms with Crippen LogP contribution in [0.2, 0.25) is 0 Å². The van der Waals surface area contributed by atoms with Gasteiger partial charge in [0.1, 0.15) is 0 Å². The van der Waals surface area contributed by atoms with Crippen molar-refractivity contribution in [2.24, 2.45) is 0 Å². The van der Waals surface area contributed by atoms with Crippen molar-refractivity contribution < 1.29 is 9.47 Å². The molecule has 0 spiro atoms. The summed E-state index contributed by atoms with van der Waals surface area (Å²) in [5.41, 5.74) is 4.05. The molecule has 1 unspecified atom stereocenters. The van der Waals surface area contributed by atoms with E-state index in [0.717, 1.165) is 19.6 Å². The number of ether oxygens (including phenoxy) is 2. The van der Waals surface area contributed by atoms with E-state index in [4.69, 9.17) is 9.47 Å². The van der Waals surface area contributed by atoms with Crippen molar-refractivity contribution in [3.05, 3.63) is 34.9 Å². The lowest BCUT2D eigenvalue weighted by atomic mass is 10.00. The van der Waals surface area contributed by atoms with Crippen LogP contribution in [0.25, 0.3) is 0 Å². The van der Waals surface area contributed by atoms with Gasteiger partial charge >= 0.3 is 0 Å². The van der Waals surface area contributed by atoms with Gasteiger partial charge in [-0.1, -0.05) is 23.8 Å². The van der Waals surface area contributed by atoms with E-state index in [1.807, 2.05) is 0 Å². The first-order valence-electron chi connectivity index (χ1n) is 7.02. The predicted octanol–water partition coefficient (Wildman–Crippen LogP) is 3.01. The standard InChI is InChI=1S/C16H27NO2/c1-13-6-7-14(2)16(12-13)15(3)17-8-5-9-19-11-10-18-4/h6-7,12,15,17H,5,8-11H2,1-4H3. The summed E-state index contributed by atoms with van der Waals surface area (Å²) in [4.78, 5) is 0. The van der Waals surface area contributed by atoms with E-state index in [0.29, 0.717) is 19.3 Å². The van der Waals surface area contributed by atoms with Crippen molar-refractivity contribution in [3.8, 4) is 0 Å². The third-order valence-corrected chi connectivity index (χ3v) is 3.25. The fraction of sp³-hybridized carbons (Fsp3) is 0.625. The van der Waals surface area contributed by atoms with Crippen molar-refractivity contribution in [3.63, 3.8) is 0 Å². The van der Waals surface area contributed by atoms with E-state index >= 15 is 0 Å². The topological polar surface area (TPSA) is 30.5 Å². The summed E-state index contributed by atoms with van der Waals surface area (Å²) in [6.45, 7) is 9.64. The third-order valence-electron chi connectivity index (χ3n) is 3.25. The molecule has 1 atom stereocenters.